The van der Waals surface area contributed by atoms with Crippen molar-refractivity contribution >= 4 is 21.6 Å². The molecule has 3 rings (SSSR count). The number of rotatable bonds is 1. The summed E-state index contributed by atoms with van der Waals surface area (Å²) >= 11 is 3.14. The lowest BCUT2D eigenvalue weighted by atomic mass is 9.95. The Hall–Kier alpha value is -2.19. The van der Waals surface area contributed by atoms with Crippen LogP contribution in [-0.4, -0.2) is 5.71 Å². The summed E-state index contributed by atoms with van der Waals surface area (Å²) in [4.78, 5) is 3.87. The van der Waals surface area contributed by atoms with Crippen molar-refractivity contribution < 1.29 is 9.13 Å². The normalized spacial score (nSPS) is 18.7. The van der Waals surface area contributed by atoms with E-state index >= 15 is 0 Å². The Kier molecular flexibility index (Phi) is 3.72. The summed E-state index contributed by atoms with van der Waals surface area (Å²) in [7, 11) is 0. The Bertz CT molecular complexity index is 753. The van der Waals surface area contributed by atoms with E-state index in [9.17, 15) is 4.39 Å². The third kappa shape index (κ3) is 2.67. The Morgan fingerprint density at radius 3 is 2.76 bits per heavy atom. The average molecular weight is 345 g/mol. The lowest BCUT2D eigenvalue weighted by Crippen LogP contribution is -2.21. The van der Waals surface area contributed by atoms with Crippen molar-refractivity contribution in [1.29, 1.82) is 5.26 Å². The van der Waals surface area contributed by atoms with E-state index in [0.717, 1.165) is 5.56 Å². The zero-order valence-corrected chi connectivity index (χ0v) is 12.5. The van der Waals surface area contributed by atoms with E-state index in [1.165, 1.54) is 6.07 Å². The van der Waals surface area contributed by atoms with E-state index in [0.29, 0.717) is 27.9 Å². The van der Waals surface area contributed by atoms with Crippen LogP contribution in [0.15, 0.2) is 51.9 Å². The summed E-state index contributed by atoms with van der Waals surface area (Å²) in [6, 6.07) is 12.5. The summed E-state index contributed by atoms with van der Waals surface area (Å²) in [5.74, 6) is 0.00331. The molecule has 104 valence electrons. The number of nitrogens with zero attached hydrogens (tertiary/aromatic N) is 2. The summed E-state index contributed by atoms with van der Waals surface area (Å²) in [5.41, 5.74) is 2.22. The number of halogens is 2. The van der Waals surface area contributed by atoms with Gasteiger partial charge in [-0.15, -0.1) is 0 Å². The molecule has 3 nitrogen and oxygen atoms in total. The van der Waals surface area contributed by atoms with Crippen molar-refractivity contribution in [3.05, 3.63) is 63.9 Å². The second-order valence-corrected chi connectivity index (χ2v) is 5.50. The second kappa shape index (κ2) is 5.66. The summed E-state index contributed by atoms with van der Waals surface area (Å²) in [6.07, 6.45) is 2.01. The van der Waals surface area contributed by atoms with Crippen LogP contribution < -0.4 is 4.74 Å². The number of hydrogen-bond acceptors (Lipinski definition) is 3. The molecule has 1 unspecified atom stereocenters. The first kappa shape index (κ1) is 13.8. The zero-order chi connectivity index (χ0) is 14.8. The average Bonchev–Trinajstić information content (AvgIpc) is 2.50. The number of hydrogen-bond donors (Lipinski definition) is 0. The fraction of sp³-hybridized carbons (Fsp3) is 0.125. The van der Waals surface area contributed by atoms with Crippen LogP contribution in [0, 0.1) is 17.3 Å². The number of aliphatic imine (C=N–C) groups is 1. The molecule has 5 heteroatoms. The van der Waals surface area contributed by atoms with Crippen LogP contribution in [0.4, 0.5) is 4.39 Å². The molecule has 2 aromatic rings. The molecular weight excluding hydrogens is 335 g/mol. The van der Waals surface area contributed by atoms with Gasteiger partial charge in [0.1, 0.15) is 17.7 Å². The van der Waals surface area contributed by atoms with E-state index in [2.05, 4.69) is 20.9 Å². The molecule has 0 amide bonds. The smallest absolute Gasteiger partial charge is 0.205 e. The third-order valence-corrected chi connectivity index (χ3v) is 3.95. The van der Waals surface area contributed by atoms with Gasteiger partial charge in [-0.3, -0.25) is 0 Å². The molecule has 1 heterocycles. The number of benzene rings is 2. The predicted octanol–water partition coefficient (Wildman–Crippen LogP) is 4.38. The number of nitriles is 1. The molecule has 1 atom stereocenters. The van der Waals surface area contributed by atoms with E-state index in [1.807, 2.05) is 36.5 Å². The van der Waals surface area contributed by atoms with Crippen molar-refractivity contribution in [2.45, 2.75) is 12.5 Å². The van der Waals surface area contributed by atoms with Crippen LogP contribution in [0.1, 0.15) is 23.7 Å². The Morgan fingerprint density at radius 2 is 2.05 bits per heavy atom. The molecule has 0 bridgehead atoms. The van der Waals surface area contributed by atoms with Gasteiger partial charge >= 0.3 is 0 Å². The number of fused-ring (bicyclic) bond motifs is 1. The molecular formula is C16H10BrFN2O. The first-order valence-corrected chi connectivity index (χ1v) is 7.15. The van der Waals surface area contributed by atoms with Crippen LogP contribution in [-0.2, 0) is 0 Å². The van der Waals surface area contributed by atoms with E-state index in [4.69, 9.17) is 10.00 Å². The second-order valence-electron chi connectivity index (χ2n) is 4.64. The van der Waals surface area contributed by atoms with Gasteiger partial charge in [-0.1, -0.05) is 30.3 Å². The van der Waals surface area contributed by atoms with Crippen molar-refractivity contribution in [2.75, 3.05) is 0 Å². The standard InChI is InChI=1S/C16H10BrFN2O/c17-12-6-11-14(20-9-19)8-15(10-4-2-1-3-5-10)21-16(11)7-13(12)18/h1-7,15H,8H2. The highest BCUT2D eigenvalue weighted by Gasteiger charge is 2.27. The van der Waals surface area contributed by atoms with Crippen LogP contribution in [0.3, 0.4) is 0 Å². The summed E-state index contributed by atoms with van der Waals surface area (Å²) in [6.45, 7) is 0. The molecule has 0 saturated heterocycles. The highest BCUT2D eigenvalue weighted by atomic mass is 79.9. The van der Waals surface area contributed by atoms with Gasteiger partial charge in [-0.25, -0.2) is 4.39 Å². The van der Waals surface area contributed by atoms with Crippen molar-refractivity contribution in [1.82, 2.24) is 0 Å². The maximum absolute atomic E-state index is 13.7. The minimum Gasteiger partial charge on any atom is -0.485 e. The third-order valence-electron chi connectivity index (χ3n) is 3.34. The van der Waals surface area contributed by atoms with Gasteiger partial charge in [0, 0.05) is 18.1 Å². The predicted molar refractivity (Wildman–Crippen MR) is 80.7 cm³/mol. The molecule has 0 aromatic heterocycles. The first-order chi connectivity index (χ1) is 10.2. The molecule has 0 fully saturated rings. The fourth-order valence-electron chi connectivity index (χ4n) is 2.35. The maximum Gasteiger partial charge on any atom is 0.205 e. The minimum absolute atomic E-state index is 0.272. The molecule has 1 aliphatic heterocycles. The van der Waals surface area contributed by atoms with E-state index in [-0.39, 0.29) is 6.10 Å². The van der Waals surface area contributed by atoms with Gasteiger partial charge in [0.2, 0.25) is 6.19 Å². The lowest BCUT2D eigenvalue weighted by molar-refractivity contribution is 0.205. The van der Waals surface area contributed by atoms with E-state index in [1.54, 1.807) is 6.07 Å². The Morgan fingerprint density at radius 1 is 1.29 bits per heavy atom. The highest BCUT2D eigenvalue weighted by molar-refractivity contribution is 9.10. The van der Waals surface area contributed by atoms with E-state index < -0.39 is 5.82 Å². The van der Waals surface area contributed by atoms with Gasteiger partial charge in [0.15, 0.2) is 0 Å². The lowest BCUT2D eigenvalue weighted by Gasteiger charge is -2.27. The summed E-state index contributed by atoms with van der Waals surface area (Å²) < 4.78 is 19.9. The van der Waals surface area contributed by atoms with Crippen molar-refractivity contribution in [2.24, 2.45) is 4.99 Å². The Balaban J connectivity index is 2.08. The minimum atomic E-state index is -0.404. The number of ether oxygens (including phenoxy) is 1. The van der Waals surface area contributed by atoms with Crippen molar-refractivity contribution in [3.63, 3.8) is 0 Å². The largest absolute Gasteiger partial charge is 0.485 e. The quantitative estimate of drug-likeness (QED) is 0.720. The molecule has 0 spiro atoms. The molecule has 0 saturated carbocycles. The molecule has 0 N–H and O–H groups in total. The Labute approximate surface area is 129 Å². The molecule has 0 aliphatic carbocycles. The van der Waals surface area contributed by atoms with Gasteiger partial charge in [-0.2, -0.15) is 10.3 Å². The molecule has 1 aliphatic rings. The molecule has 2 aromatic carbocycles. The van der Waals surface area contributed by atoms with Crippen LogP contribution in [0.2, 0.25) is 0 Å². The monoisotopic (exact) mass is 344 g/mol. The van der Waals surface area contributed by atoms with Gasteiger partial charge in [0.05, 0.1) is 10.2 Å². The van der Waals surface area contributed by atoms with Gasteiger partial charge in [-0.05, 0) is 27.6 Å². The zero-order valence-electron chi connectivity index (χ0n) is 10.9. The topological polar surface area (TPSA) is 45.4 Å². The highest BCUT2D eigenvalue weighted by Crippen LogP contribution is 2.37. The van der Waals surface area contributed by atoms with Crippen molar-refractivity contribution in [3.8, 4) is 11.9 Å². The van der Waals surface area contributed by atoms with Crippen LogP contribution in [0.25, 0.3) is 0 Å². The van der Waals surface area contributed by atoms with Gasteiger partial charge in [0.25, 0.3) is 0 Å². The maximum atomic E-state index is 13.7. The first-order valence-electron chi connectivity index (χ1n) is 6.35. The summed E-state index contributed by atoms with van der Waals surface area (Å²) in [5, 5.41) is 8.86. The molecule has 21 heavy (non-hydrogen) atoms. The SMILES string of the molecule is N#CN=C1CC(c2ccccc2)Oc2cc(F)c(Br)cc21. The molecule has 0 radical (unpaired) electrons. The van der Waals surface area contributed by atoms with Crippen LogP contribution >= 0.6 is 15.9 Å². The fourth-order valence-corrected chi connectivity index (χ4v) is 2.70. The van der Waals surface area contributed by atoms with Crippen LogP contribution in [0.5, 0.6) is 5.75 Å². The van der Waals surface area contributed by atoms with Gasteiger partial charge < -0.3 is 4.74 Å².